The largest absolute Gasteiger partial charge is 0.460 e. The minimum Gasteiger partial charge on any atom is -0.460 e. The van der Waals surface area contributed by atoms with Crippen LogP contribution in [-0.2, 0) is 25.5 Å². The lowest BCUT2D eigenvalue weighted by Gasteiger charge is -2.60. The number of ether oxygens (including phenoxy) is 1. The van der Waals surface area contributed by atoms with Crippen molar-refractivity contribution in [1.29, 1.82) is 0 Å². The summed E-state index contributed by atoms with van der Waals surface area (Å²) in [5.74, 6) is 3.40. The number of hydrogen-bond donors (Lipinski definition) is 1. The summed E-state index contributed by atoms with van der Waals surface area (Å²) >= 11 is 12.0. The molecule has 0 aliphatic heterocycles. The van der Waals surface area contributed by atoms with Crippen molar-refractivity contribution in [3.8, 4) is 0 Å². The van der Waals surface area contributed by atoms with Gasteiger partial charge in [-0.05, 0) is 91.7 Å². The van der Waals surface area contributed by atoms with Crippen LogP contribution in [0.5, 0.6) is 0 Å². The molecule has 238 valence electrons. The summed E-state index contributed by atoms with van der Waals surface area (Å²) in [5.41, 5.74) is 2.18. The van der Waals surface area contributed by atoms with Crippen LogP contribution in [0.4, 0.5) is 5.69 Å². The molecule has 4 saturated carbocycles. The number of carbonyl (C=O) groups excluding carboxylic acids is 3. The molecule has 1 N–H and O–H groups in total. The monoisotopic (exact) mass is 632 g/mol. The number of rotatable bonds is 10. The van der Waals surface area contributed by atoms with Crippen LogP contribution in [0.15, 0.2) is 24.3 Å². The first kappa shape index (κ1) is 32.6. The van der Waals surface area contributed by atoms with Gasteiger partial charge >= 0.3 is 5.97 Å². The second-order valence-corrected chi connectivity index (χ2v) is 15.2. The number of benzene rings is 1. The molecule has 8 heteroatoms. The number of fused-ring (bicyclic) bond motifs is 5. The Labute approximate surface area is 268 Å². The third-order valence-electron chi connectivity index (χ3n) is 12.1. The molecule has 43 heavy (non-hydrogen) atoms. The molecule has 9 atom stereocenters. The van der Waals surface area contributed by atoms with E-state index in [0.717, 1.165) is 56.2 Å². The Bertz CT molecular complexity index is 1170. The van der Waals surface area contributed by atoms with E-state index < -0.39 is 6.04 Å². The fourth-order valence-corrected chi connectivity index (χ4v) is 10.3. The number of halogens is 2. The van der Waals surface area contributed by atoms with Crippen molar-refractivity contribution < 1.29 is 19.1 Å². The summed E-state index contributed by atoms with van der Waals surface area (Å²) in [6, 6.07) is 7.29. The van der Waals surface area contributed by atoms with E-state index in [1.54, 1.807) is 0 Å². The number of carbonyl (C=O) groups is 3. The molecular weight excluding hydrogens is 583 g/mol. The van der Waals surface area contributed by atoms with Crippen molar-refractivity contribution in [2.24, 2.45) is 40.4 Å². The maximum atomic E-state index is 13.7. The number of esters is 1. The molecule has 1 aromatic rings. The molecular formula is C35H50Cl2N2O4. The fourth-order valence-electron chi connectivity index (χ4n) is 9.86. The van der Waals surface area contributed by atoms with Gasteiger partial charge in [0.25, 0.3) is 0 Å². The number of hydrogen-bond acceptors (Lipinski definition) is 5. The summed E-state index contributed by atoms with van der Waals surface area (Å²) in [4.78, 5) is 40.5. The average molecular weight is 634 g/mol. The zero-order valence-electron chi connectivity index (χ0n) is 26.4. The molecule has 1 aromatic carbocycles. The topological polar surface area (TPSA) is 75.7 Å². The maximum Gasteiger partial charge on any atom is 0.329 e. The van der Waals surface area contributed by atoms with E-state index in [4.69, 9.17) is 27.9 Å². The zero-order chi connectivity index (χ0) is 30.9. The van der Waals surface area contributed by atoms with Crippen LogP contribution < -0.4 is 10.2 Å². The molecule has 4 fully saturated rings. The first-order valence-electron chi connectivity index (χ1n) is 16.5. The van der Waals surface area contributed by atoms with Gasteiger partial charge in [-0.15, -0.1) is 23.2 Å². The minimum absolute atomic E-state index is 0.0488. The van der Waals surface area contributed by atoms with E-state index in [1.807, 2.05) is 24.3 Å². The predicted molar refractivity (Wildman–Crippen MR) is 173 cm³/mol. The lowest BCUT2D eigenvalue weighted by Crippen LogP contribution is -2.55. The van der Waals surface area contributed by atoms with E-state index in [2.05, 4.69) is 31.0 Å². The lowest BCUT2D eigenvalue weighted by atomic mass is 9.44. The van der Waals surface area contributed by atoms with Gasteiger partial charge in [-0.2, -0.15) is 0 Å². The second-order valence-electron chi connectivity index (χ2n) is 14.5. The molecule has 4 aliphatic carbocycles. The smallest absolute Gasteiger partial charge is 0.329 e. The van der Waals surface area contributed by atoms with Crippen molar-refractivity contribution in [2.45, 2.75) is 97.6 Å². The zero-order valence-corrected chi connectivity index (χ0v) is 27.9. The average Bonchev–Trinajstić information content (AvgIpc) is 3.29. The highest BCUT2D eigenvalue weighted by atomic mass is 35.5. The van der Waals surface area contributed by atoms with Crippen LogP contribution in [0, 0.1) is 40.4 Å². The highest BCUT2D eigenvalue weighted by Gasteiger charge is 2.61. The van der Waals surface area contributed by atoms with Crippen LogP contribution in [0.3, 0.4) is 0 Å². The van der Waals surface area contributed by atoms with Gasteiger partial charge in [0.05, 0.1) is 0 Å². The highest BCUT2D eigenvalue weighted by Crippen LogP contribution is 2.66. The summed E-state index contributed by atoms with van der Waals surface area (Å²) in [7, 11) is 0. The van der Waals surface area contributed by atoms with Crippen LogP contribution >= 0.6 is 23.2 Å². The fraction of sp³-hybridized carbons (Fsp3) is 0.743. The van der Waals surface area contributed by atoms with Gasteiger partial charge in [-0.25, -0.2) is 4.79 Å². The Hall–Kier alpha value is -1.79. The first-order valence-corrected chi connectivity index (χ1v) is 17.5. The number of alkyl halides is 2. The molecule has 0 aromatic heterocycles. The second kappa shape index (κ2) is 13.3. The van der Waals surface area contributed by atoms with Crippen molar-refractivity contribution in [2.75, 3.05) is 29.7 Å². The van der Waals surface area contributed by atoms with Gasteiger partial charge in [0.2, 0.25) is 5.91 Å². The van der Waals surface area contributed by atoms with Crippen molar-refractivity contribution in [3.63, 3.8) is 0 Å². The van der Waals surface area contributed by atoms with E-state index >= 15 is 0 Å². The summed E-state index contributed by atoms with van der Waals surface area (Å²) in [6.45, 7) is 9.81. The normalized spacial score (nSPS) is 35.7. The number of anilines is 1. The van der Waals surface area contributed by atoms with E-state index in [9.17, 15) is 14.4 Å². The quantitative estimate of drug-likeness (QED) is 0.227. The highest BCUT2D eigenvalue weighted by molar-refractivity contribution is 6.18. The van der Waals surface area contributed by atoms with E-state index in [1.165, 1.54) is 13.3 Å². The molecule has 0 spiro atoms. The van der Waals surface area contributed by atoms with Crippen LogP contribution in [-0.4, -0.2) is 54.7 Å². The summed E-state index contributed by atoms with van der Waals surface area (Å²) < 4.78 is 6.35. The molecule has 4 aliphatic rings. The van der Waals surface area contributed by atoms with E-state index in [0.29, 0.717) is 60.7 Å². The van der Waals surface area contributed by atoms with Crippen LogP contribution in [0.1, 0.15) is 84.6 Å². The van der Waals surface area contributed by atoms with Gasteiger partial charge < -0.3 is 15.0 Å². The number of amides is 1. The van der Waals surface area contributed by atoms with E-state index in [-0.39, 0.29) is 34.7 Å². The van der Waals surface area contributed by atoms with Crippen molar-refractivity contribution >= 4 is 46.5 Å². The minimum atomic E-state index is -0.736. The van der Waals surface area contributed by atoms with Crippen molar-refractivity contribution in [1.82, 2.24) is 5.32 Å². The summed E-state index contributed by atoms with van der Waals surface area (Å²) in [5, 5.41) is 2.87. The molecule has 0 heterocycles. The molecule has 0 radical (unpaired) electrons. The molecule has 0 saturated heterocycles. The Morgan fingerprint density at radius 2 is 1.67 bits per heavy atom. The van der Waals surface area contributed by atoms with Gasteiger partial charge in [0.15, 0.2) is 0 Å². The molecule has 1 amide bonds. The third kappa shape index (κ3) is 6.48. The van der Waals surface area contributed by atoms with Crippen LogP contribution in [0.25, 0.3) is 0 Å². The number of ketones is 1. The Morgan fingerprint density at radius 3 is 2.33 bits per heavy atom. The van der Waals surface area contributed by atoms with Gasteiger partial charge in [-0.1, -0.05) is 32.9 Å². The van der Waals surface area contributed by atoms with Gasteiger partial charge in [0.1, 0.15) is 17.9 Å². The van der Waals surface area contributed by atoms with Gasteiger partial charge in [-0.3, -0.25) is 9.59 Å². The number of Topliss-reactive ketones (excluding diaryl/α,β-unsaturated/α-hetero) is 1. The molecule has 0 bridgehead atoms. The molecule has 6 nitrogen and oxygen atoms in total. The third-order valence-corrected chi connectivity index (χ3v) is 12.4. The summed E-state index contributed by atoms with van der Waals surface area (Å²) in [6.07, 6.45) is 8.50. The number of nitrogens with one attached hydrogen (secondary N) is 1. The predicted octanol–water partition coefficient (Wildman–Crippen LogP) is 6.79. The SMILES string of the molecule is CC(=O)N[C@H](Cc1ccc(N(CCCl)CCCl)cc1)C(=O)O[C@H]1CC[C@@H]2[C@H]3CC[C@H]4CC(=O)[C@@H](C)C[C@]4(C)[C@@H]3CC[C@]12C. The van der Waals surface area contributed by atoms with Crippen LogP contribution in [0.2, 0.25) is 0 Å². The Morgan fingerprint density at radius 1 is 1.00 bits per heavy atom. The Balaban J connectivity index is 1.26. The maximum absolute atomic E-state index is 13.7. The van der Waals surface area contributed by atoms with Gasteiger partial charge in [0, 0.05) is 61.6 Å². The number of nitrogens with zero attached hydrogens (tertiary/aromatic N) is 1. The first-order chi connectivity index (χ1) is 20.5. The Kier molecular flexibility index (Phi) is 10.1. The van der Waals surface area contributed by atoms with Crippen molar-refractivity contribution in [3.05, 3.63) is 29.8 Å². The molecule has 5 rings (SSSR count). The lowest BCUT2D eigenvalue weighted by molar-refractivity contribution is -0.168. The standard InChI is InChI=1S/C35H50Cl2N2O4/c1-22-21-35(4)25(20-31(22)41)7-10-27-28-11-12-32(34(28,3)14-13-29(27)35)43-33(42)30(38-23(2)40)19-24-5-8-26(9-6-24)39(17-15-36)18-16-37/h5-6,8-9,22,25,27-30,32H,7,10-21H2,1-4H3,(H,38,40)/t22-,25-,27+,28+,29+,30+,32-,34-,35-/m0/s1. The molecule has 0 unspecified atom stereocenters.